The lowest BCUT2D eigenvalue weighted by Gasteiger charge is -2.27. The zero-order chi connectivity index (χ0) is 17.1. The van der Waals surface area contributed by atoms with Crippen LogP contribution in [0.15, 0.2) is 36.5 Å². The Morgan fingerprint density at radius 3 is 2.58 bits per heavy atom. The van der Waals surface area contributed by atoms with Gasteiger partial charge in [0.25, 0.3) is 0 Å². The van der Waals surface area contributed by atoms with E-state index < -0.39 is 0 Å². The first-order valence-corrected chi connectivity index (χ1v) is 8.07. The van der Waals surface area contributed by atoms with Crippen LogP contribution in [0.2, 0.25) is 0 Å². The lowest BCUT2D eigenvalue weighted by atomic mass is 10.2. The van der Waals surface area contributed by atoms with Crippen LogP contribution in [0.3, 0.4) is 0 Å². The summed E-state index contributed by atoms with van der Waals surface area (Å²) in [5.74, 6) is 1.67. The van der Waals surface area contributed by atoms with Crippen molar-refractivity contribution in [3.63, 3.8) is 0 Å². The van der Waals surface area contributed by atoms with E-state index in [1.165, 1.54) is 5.69 Å². The van der Waals surface area contributed by atoms with Crippen molar-refractivity contribution in [2.75, 3.05) is 48.9 Å². The molecule has 0 aliphatic carbocycles. The van der Waals surface area contributed by atoms with Crippen molar-refractivity contribution in [2.24, 2.45) is 0 Å². The quantitative estimate of drug-likeness (QED) is 0.859. The second kappa shape index (κ2) is 6.75. The van der Waals surface area contributed by atoms with Crippen molar-refractivity contribution in [2.45, 2.75) is 12.5 Å². The molecule has 0 bridgehead atoms. The largest absolute Gasteiger partial charge is 0.369 e. The van der Waals surface area contributed by atoms with Crippen LogP contribution in [-0.2, 0) is 0 Å². The fraction of sp³-hybridized carbons (Fsp3) is 0.389. The van der Waals surface area contributed by atoms with Gasteiger partial charge in [-0.25, -0.2) is 4.98 Å². The molecule has 2 heterocycles. The van der Waals surface area contributed by atoms with E-state index in [1.807, 2.05) is 55.5 Å². The Hall–Kier alpha value is -2.81. The maximum absolute atomic E-state index is 8.91. The van der Waals surface area contributed by atoms with Crippen LogP contribution in [-0.4, -0.2) is 50.2 Å². The average Bonchev–Trinajstić information content (AvgIpc) is 3.11. The van der Waals surface area contributed by atoms with Gasteiger partial charge in [0.2, 0.25) is 5.95 Å². The van der Waals surface area contributed by atoms with E-state index in [4.69, 9.17) is 5.26 Å². The summed E-state index contributed by atoms with van der Waals surface area (Å²) < 4.78 is 0. The van der Waals surface area contributed by atoms with Crippen LogP contribution in [0, 0.1) is 11.3 Å². The van der Waals surface area contributed by atoms with Crippen molar-refractivity contribution in [1.82, 2.24) is 9.97 Å². The third kappa shape index (κ3) is 3.25. The topological polar surface area (TPSA) is 59.3 Å². The number of aromatic nitrogens is 2. The Balaban J connectivity index is 1.70. The average molecular weight is 322 g/mol. The van der Waals surface area contributed by atoms with Gasteiger partial charge < -0.3 is 14.7 Å². The number of anilines is 3. The number of likely N-dealkylation sites (N-methyl/N-ethyl adjacent to an activating group) is 1. The molecule has 1 aliphatic rings. The summed E-state index contributed by atoms with van der Waals surface area (Å²) in [7, 11) is 5.98. The summed E-state index contributed by atoms with van der Waals surface area (Å²) in [5.41, 5.74) is 1.87. The van der Waals surface area contributed by atoms with Crippen molar-refractivity contribution >= 4 is 17.5 Å². The molecular weight excluding hydrogens is 300 g/mol. The molecule has 0 radical (unpaired) electrons. The molecule has 24 heavy (non-hydrogen) atoms. The highest BCUT2D eigenvalue weighted by Crippen LogP contribution is 2.25. The van der Waals surface area contributed by atoms with Crippen molar-refractivity contribution in [3.8, 4) is 6.07 Å². The van der Waals surface area contributed by atoms with Crippen LogP contribution < -0.4 is 14.7 Å². The molecular formula is C18H22N6. The number of rotatable bonds is 4. The Labute approximate surface area is 143 Å². The zero-order valence-corrected chi connectivity index (χ0v) is 14.3. The van der Waals surface area contributed by atoms with E-state index >= 15 is 0 Å². The van der Waals surface area contributed by atoms with Crippen LogP contribution >= 0.6 is 0 Å². The van der Waals surface area contributed by atoms with Gasteiger partial charge in [0, 0.05) is 52.2 Å². The summed E-state index contributed by atoms with van der Waals surface area (Å²) in [6.07, 6.45) is 2.89. The highest BCUT2D eigenvalue weighted by atomic mass is 15.3. The minimum atomic E-state index is 0.408. The van der Waals surface area contributed by atoms with Crippen LogP contribution in [0.1, 0.15) is 12.0 Å². The molecule has 1 unspecified atom stereocenters. The lowest BCUT2D eigenvalue weighted by Crippen LogP contribution is -2.35. The Morgan fingerprint density at radius 1 is 1.17 bits per heavy atom. The van der Waals surface area contributed by atoms with Crippen molar-refractivity contribution in [1.29, 1.82) is 5.26 Å². The third-order valence-electron chi connectivity index (χ3n) is 4.46. The van der Waals surface area contributed by atoms with Crippen molar-refractivity contribution < 1.29 is 0 Å². The van der Waals surface area contributed by atoms with Gasteiger partial charge in [0.05, 0.1) is 11.6 Å². The highest BCUT2D eigenvalue weighted by molar-refractivity contribution is 5.52. The van der Waals surface area contributed by atoms with E-state index in [1.54, 1.807) is 0 Å². The van der Waals surface area contributed by atoms with Crippen LogP contribution in [0.4, 0.5) is 17.5 Å². The monoisotopic (exact) mass is 322 g/mol. The number of nitriles is 1. The maximum atomic E-state index is 8.91. The molecule has 0 N–H and O–H groups in total. The Morgan fingerprint density at radius 2 is 1.92 bits per heavy atom. The lowest BCUT2D eigenvalue weighted by molar-refractivity contribution is 0.683. The number of nitrogens with zero attached hydrogens (tertiary/aromatic N) is 6. The SMILES string of the molecule is CN(C)c1nccc(N(C)C2CCN(c3ccc(C#N)cc3)C2)n1. The molecule has 1 fully saturated rings. The van der Waals surface area contributed by atoms with Gasteiger partial charge in [-0.05, 0) is 36.8 Å². The summed E-state index contributed by atoms with van der Waals surface area (Å²) >= 11 is 0. The molecule has 1 aromatic heterocycles. The normalized spacial score (nSPS) is 16.8. The summed E-state index contributed by atoms with van der Waals surface area (Å²) in [5, 5.41) is 8.91. The minimum Gasteiger partial charge on any atom is -0.369 e. The van der Waals surface area contributed by atoms with Gasteiger partial charge in [0.1, 0.15) is 5.82 Å². The molecule has 124 valence electrons. The first-order valence-electron chi connectivity index (χ1n) is 8.07. The fourth-order valence-corrected chi connectivity index (χ4v) is 2.98. The molecule has 0 amide bonds. The molecule has 0 spiro atoms. The smallest absolute Gasteiger partial charge is 0.226 e. The van der Waals surface area contributed by atoms with Crippen LogP contribution in [0.5, 0.6) is 0 Å². The standard InChI is InChI=1S/C18H22N6/c1-22(2)18-20-10-8-17(21-18)23(3)16-9-11-24(13-16)15-6-4-14(12-19)5-7-15/h4-8,10,16H,9,11,13H2,1-3H3. The Bertz CT molecular complexity index is 734. The molecule has 3 rings (SSSR count). The minimum absolute atomic E-state index is 0.408. The molecule has 1 aromatic carbocycles. The highest BCUT2D eigenvalue weighted by Gasteiger charge is 2.27. The molecule has 1 atom stereocenters. The second-order valence-corrected chi connectivity index (χ2v) is 6.27. The van der Waals surface area contributed by atoms with Crippen LogP contribution in [0.25, 0.3) is 0 Å². The Kier molecular flexibility index (Phi) is 4.52. The van der Waals surface area contributed by atoms with E-state index in [2.05, 4.69) is 32.9 Å². The van der Waals surface area contributed by atoms with E-state index in [0.29, 0.717) is 11.6 Å². The molecule has 6 nitrogen and oxygen atoms in total. The predicted octanol–water partition coefficient (Wildman–Crippen LogP) is 2.13. The number of hydrogen-bond donors (Lipinski definition) is 0. The maximum Gasteiger partial charge on any atom is 0.226 e. The summed E-state index contributed by atoms with van der Waals surface area (Å²) in [6, 6.07) is 12.3. The second-order valence-electron chi connectivity index (χ2n) is 6.27. The number of benzene rings is 1. The predicted molar refractivity (Wildman–Crippen MR) is 96.5 cm³/mol. The molecule has 2 aromatic rings. The first-order chi connectivity index (χ1) is 11.6. The number of hydrogen-bond acceptors (Lipinski definition) is 6. The third-order valence-corrected chi connectivity index (χ3v) is 4.46. The summed E-state index contributed by atoms with van der Waals surface area (Å²) in [6.45, 7) is 1.95. The molecule has 1 saturated heterocycles. The summed E-state index contributed by atoms with van der Waals surface area (Å²) in [4.78, 5) is 15.4. The van der Waals surface area contributed by atoms with Gasteiger partial charge in [-0.3, -0.25) is 0 Å². The van der Waals surface area contributed by atoms with Gasteiger partial charge in [0.15, 0.2) is 0 Å². The fourth-order valence-electron chi connectivity index (χ4n) is 2.98. The molecule has 1 aliphatic heterocycles. The van der Waals surface area contributed by atoms with Gasteiger partial charge in [-0.1, -0.05) is 0 Å². The molecule has 0 saturated carbocycles. The molecule has 6 heteroatoms. The van der Waals surface area contributed by atoms with Gasteiger partial charge in [-0.15, -0.1) is 0 Å². The van der Waals surface area contributed by atoms with E-state index in [-0.39, 0.29) is 0 Å². The first kappa shape index (κ1) is 16.1. The van der Waals surface area contributed by atoms with Crippen molar-refractivity contribution in [3.05, 3.63) is 42.1 Å². The zero-order valence-electron chi connectivity index (χ0n) is 14.3. The van der Waals surface area contributed by atoms with Gasteiger partial charge >= 0.3 is 0 Å². The van der Waals surface area contributed by atoms with E-state index in [0.717, 1.165) is 31.3 Å². The van der Waals surface area contributed by atoms with E-state index in [9.17, 15) is 0 Å². The van der Waals surface area contributed by atoms with Gasteiger partial charge in [-0.2, -0.15) is 10.2 Å².